The van der Waals surface area contributed by atoms with Crippen LogP contribution in [0.4, 0.5) is 0 Å². The molecule has 0 saturated heterocycles. The lowest BCUT2D eigenvalue weighted by molar-refractivity contribution is -0.117. The molecule has 0 radical (unpaired) electrons. The number of rotatable bonds is 11. The van der Waals surface area contributed by atoms with Gasteiger partial charge >= 0.3 is 0 Å². The second kappa shape index (κ2) is 12.0. The van der Waals surface area contributed by atoms with Crippen LogP contribution in [-0.2, 0) is 4.79 Å². The lowest BCUT2D eigenvalue weighted by atomic mass is 10.1. The zero-order valence-electron chi connectivity index (χ0n) is 21.1. The number of benzene rings is 1. The molecule has 3 aromatic rings. The van der Waals surface area contributed by atoms with Crippen LogP contribution in [0, 0.1) is 0 Å². The van der Waals surface area contributed by atoms with E-state index in [1.165, 1.54) is 0 Å². The number of H-pyrrole nitrogens is 1. The second-order valence-electron chi connectivity index (χ2n) is 8.26. The molecule has 0 unspecified atom stereocenters. The van der Waals surface area contributed by atoms with E-state index in [-0.39, 0.29) is 11.9 Å². The zero-order chi connectivity index (χ0) is 25.4. The van der Waals surface area contributed by atoms with Crippen molar-refractivity contribution in [3.8, 4) is 17.2 Å². The number of carbonyl (C=O) groups excluding carboxylic acids is 1. The second-order valence-corrected chi connectivity index (χ2v) is 8.26. The van der Waals surface area contributed by atoms with Crippen molar-refractivity contribution >= 4 is 29.2 Å². The number of hydrogen-bond donors (Lipinski definition) is 2. The van der Waals surface area contributed by atoms with Gasteiger partial charge in [-0.05, 0) is 50.9 Å². The van der Waals surface area contributed by atoms with E-state index >= 15 is 0 Å². The number of carbonyl (C=O) groups is 1. The van der Waals surface area contributed by atoms with Gasteiger partial charge in [-0.1, -0.05) is 6.07 Å². The summed E-state index contributed by atoms with van der Waals surface area (Å²) >= 11 is 0. The molecule has 35 heavy (non-hydrogen) atoms. The van der Waals surface area contributed by atoms with Crippen molar-refractivity contribution in [2.45, 2.75) is 13.0 Å². The summed E-state index contributed by atoms with van der Waals surface area (Å²) in [7, 11) is 8.79. The van der Waals surface area contributed by atoms with Crippen LogP contribution in [0.15, 0.2) is 47.2 Å². The largest absolute Gasteiger partial charge is 0.493 e. The molecule has 0 aliphatic rings. The normalized spacial score (nSPS) is 12.8. The van der Waals surface area contributed by atoms with Gasteiger partial charge in [-0.3, -0.25) is 9.79 Å². The highest BCUT2D eigenvalue weighted by molar-refractivity contribution is 6.16. The Morgan fingerprint density at radius 1 is 1.23 bits per heavy atom. The molecule has 1 amide bonds. The topological polar surface area (TPSA) is 101 Å². The van der Waals surface area contributed by atoms with Crippen LogP contribution in [0.25, 0.3) is 17.1 Å². The number of nitrogens with one attached hydrogen (secondary N) is 2. The van der Waals surface area contributed by atoms with E-state index in [9.17, 15) is 4.79 Å². The van der Waals surface area contributed by atoms with Gasteiger partial charge in [0.15, 0.2) is 11.5 Å². The Kier molecular flexibility index (Phi) is 8.86. The van der Waals surface area contributed by atoms with Crippen molar-refractivity contribution < 1.29 is 19.0 Å². The Bertz CT molecular complexity index is 1220. The van der Waals surface area contributed by atoms with E-state index in [0.717, 1.165) is 23.1 Å². The van der Waals surface area contributed by atoms with E-state index in [2.05, 4.69) is 25.2 Å². The highest BCUT2D eigenvalue weighted by Gasteiger charge is 2.16. The van der Waals surface area contributed by atoms with Crippen molar-refractivity contribution in [1.82, 2.24) is 20.2 Å². The summed E-state index contributed by atoms with van der Waals surface area (Å²) in [5.74, 6) is 1.66. The molecule has 0 saturated carbocycles. The van der Waals surface area contributed by atoms with Crippen LogP contribution in [-0.4, -0.2) is 75.5 Å². The first-order chi connectivity index (χ1) is 16.9. The van der Waals surface area contributed by atoms with E-state index in [0.29, 0.717) is 35.1 Å². The van der Waals surface area contributed by atoms with E-state index < -0.39 is 0 Å². The molecule has 1 atom stereocenters. The van der Waals surface area contributed by atoms with Crippen LogP contribution >= 0.6 is 0 Å². The maximum absolute atomic E-state index is 13.1. The zero-order valence-corrected chi connectivity index (χ0v) is 21.1. The molecule has 0 fully saturated rings. The summed E-state index contributed by atoms with van der Waals surface area (Å²) in [6, 6.07) is 7.22. The van der Waals surface area contributed by atoms with Crippen molar-refractivity contribution in [2.75, 3.05) is 48.5 Å². The van der Waals surface area contributed by atoms with Crippen LogP contribution in [0.3, 0.4) is 0 Å². The third-order valence-corrected chi connectivity index (χ3v) is 5.44. The van der Waals surface area contributed by atoms with Gasteiger partial charge in [0.25, 0.3) is 5.91 Å². The lowest BCUT2D eigenvalue weighted by Gasteiger charge is -2.17. The Morgan fingerprint density at radius 2 is 2.00 bits per heavy atom. The molecule has 0 spiro atoms. The number of methoxy groups -OCH3 is 2. The van der Waals surface area contributed by atoms with Crippen molar-refractivity contribution in [1.29, 1.82) is 0 Å². The van der Waals surface area contributed by atoms with Crippen molar-refractivity contribution in [3.63, 3.8) is 0 Å². The first-order valence-corrected chi connectivity index (χ1v) is 11.3. The fourth-order valence-corrected chi connectivity index (χ4v) is 3.50. The van der Waals surface area contributed by atoms with Gasteiger partial charge in [-0.2, -0.15) is 0 Å². The number of fused-ring (bicyclic) bond motifs is 1. The van der Waals surface area contributed by atoms with Gasteiger partial charge in [-0.25, -0.2) is 4.98 Å². The first-order valence-electron chi connectivity index (χ1n) is 11.3. The molecular weight excluding hydrogens is 446 g/mol. The van der Waals surface area contributed by atoms with Crippen molar-refractivity contribution in [2.24, 2.45) is 4.99 Å². The number of aliphatic imine (C=N–C) groups is 1. The summed E-state index contributed by atoms with van der Waals surface area (Å²) < 4.78 is 16.5. The van der Waals surface area contributed by atoms with Crippen LogP contribution in [0.5, 0.6) is 17.2 Å². The monoisotopic (exact) mass is 479 g/mol. The Balaban J connectivity index is 1.82. The van der Waals surface area contributed by atoms with Gasteiger partial charge in [0.2, 0.25) is 0 Å². The molecule has 2 heterocycles. The molecule has 9 heteroatoms. The molecule has 186 valence electrons. The Hall–Kier alpha value is -3.85. The minimum absolute atomic E-state index is 0.251. The lowest BCUT2D eigenvalue weighted by Crippen LogP contribution is -2.28. The van der Waals surface area contributed by atoms with Crippen LogP contribution in [0.2, 0.25) is 0 Å². The van der Waals surface area contributed by atoms with E-state index in [4.69, 9.17) is 14.2 Å². The fraction of sp³-hybridized carbons (Fsp3) is 0.346. The molecule has 0 aliphatic carbocycles. The smallest absolute Gasteiger partial charge is 0.253 e. The molecule has 9 nitrogen and oxygen atoms in total. The molecular formula is C26H33N5O4. The molecule has 0 aliphatic heterocycles. The molecule has 2 aromatic heterocycles. The molecule has 3 rings (SSSR count). The highest BCUT2D eigenvalue weighted by atomic mass is 16.5. The standard InChI is InChI=1S/C26H33N5O4/c1-17(18-7-8-23(33-5)24(12-18)34-6)30-26(32)20(14-27-2)11-19-15-28-25-22(19)13-21(16-29-25)35-10-9-31(3)4/h7-8,11-17H,9-10H2,1-6H3,(H,28,29)(H,30,32)/b20-11+,27-14?/t17-/m1/s1. The van der Waals surface area contributed by atoms with Gasteiger partial charge < -0.3 is 29.4 Å². The Labute approximate surface area is 205 Å². The Morgan fingerprint density at radius 3 is 2.69 bits per heavy atom. The third kappa shape index (κ3) is 6.60. The first kappa shape index (κ1) is 25.8. The SMILES string of the molecule is CN=C/C(=C\c1c[nH]c2ncc(OCCN(C)C)cc12)C(=O)N[C@H](C)c1ccc(OC)c(OC)c1. The number of hydrogen-bond acceptors (Lipinski definition) is 7. The number of ether oxygens (including phenoxy) is 3. The quantitative estimate of drug-likeness (QED) is 0.323. The summed E-state index contributed by atoms with van der Waals surface area (Å²) in [6.07, 6.45) is 6.83. The summed E-state index contributed by atoms with van der Waals surface area (Å²) in [5.41, 5.74) is 2.83. The maximum atomic E-state index is 13.1. The number of likely N-dealkylation sites (N-methyl/N-ethyl adjacent to an activating group) is 1. The van der Waals surface area contributed by atoms with Gasteiger partial charge in [0, 0.05) is 37.0 Å². The van der Waals surface area contributed by atoms with Crippen molar-refractivity contribution in [3.05, 3.63) is 53.4 Å². The number of amides is 1. The predicted molar refractivity (Wildman–Crippen MR) is 139 cm³/mol. The van der Waals surface area contributed by atoms with E-state index in [1.54, 1.807) is 39.8 Å². The van der Waals surface area contributed by atoms with Crippen LogP contribution in [0.1, 0.15) is 24.1 Å². The minimum atomic E-state index is -0.266. The molecule has 0 bridgehead atoms. The third-order valence-electron chi connectivity index (χ3n) is 5.44. The molecule has 2 N–H and O–H groups in total. The van der Waals surface area contributed by atoms with Gasteiger partial charge in [-0.15, -0.1) is 0 Å². The number of aromatic amines is 1. The molecule has 1 aromatic carbocycles. The highest BCUT2D eigenvalue weighted by Crippen LogP contribution is 2.30. The maximum Gasteiger partial charge on any atom is 0.253 e. The van der Waals surface area contributed by atoms with E-state index in [1.807, 2.05) is 51.5 Å². The average molecular weight is 480 g/mol. The summed E-state index contributed by atoms with van der Waals surface area (Å²) in [5, 5.41) is 3.89. The number of nitrogens with zero attached hydrogens (tertiary/aromatic N) is 3. The number of aromatic nitrogens is 2. The number of pyridine rings is 1. The minimum Gasteiger partial charge on any atom is -0.493 e. The summed E-state index contributed by atoms with van der Waals surface area (Å²) in [4.78, 5) is 26.9. The van der Waals surface area contributed by atoms with Gasteiger partial charge in [0.1, 0.15) is 18.0 Å². The average Bonchev–Trinajstić information content (AvgIpc) is 3.24. The summed E-state index contributed by atoms with van der Waals surface area (Å²) in [6.45, 7) is 3.26. The van der Waals surface area contributed by atoms with Crippen LogP contribution < -0.4 is 19.5 Å². The predicted octanol–water partition coefficient (Wildman–Crippen LogP) is 3.48. The fourth-order valence-electron chi connectivity index (χ4n) is 3.50. The van der Waals surface area contributed by atoms with Gasteiger partial charge in [0.05, 0.1) is 32.0 Å².